The van der Waals surface area contributed by atoms with Crippen molar-refractivity contribution in [3.05, 3.63) is 47.9 Å². The van der Waals surface area contributed by atoms with E-state index in [1.165, 1.54) is 0 Å². The number of carbonyl (C=O) groups is 1. The van der Waals surface area contributed by atoms with Crippen LogP contribution >= 0.6 is 0 Å². The van der Waals surface area contributed by atoms with Crippen molar-refractivity contribution in [3.8, 4) is 5.88 Å². The molecule has 4 rings (SSSR count). The first-order valence-corrected chi connectivity index (χ1v) is 8.68. The second-order valence-electron chi connectivity index (χ2n) is 6.46. The van der Waals surface area contributed by atoms with Crippen molar-refractivity contribution in [2.75, 3.05) is 19.0 Å². The molecule has 1 fully saturated rings. The molecule has 2 amide bonds. The monoisotopic (exact) mass is 351 g/mol. The maximum atomic E-state index is 12.7. The van der Waals surface area contributed by atoms with Crippen LogP contribution in [0.5, 0.6) is 5.88 Å². The summed E-state index contributed by atoms with van der Waals surface area (Å²) in [6.07, 6.45) is 3.44. The van der Waals surface area contributed by atoms with E-state index in [4.69, 9.17) is 9.72 Å². The van der Waals surface area contributed by atoms with E-state index in [0.717, 1.165) is 35.3 Å². The van der Waals surface area contributed by atoms with Crippen LogP contribution in [0.3, 0.4) is 0 Å². The summed E-state index contributed by atoms with van der Waals surface area (Å²) in [6.45, 7) is 2.75. The van der Waals surface area contributed by atoms with Gasteiger partial charge in [0.1, 0.15) is 5.82 Å². The van der Waals surface area contributed by atoms with Crippen LogP contribution in [0.15, 0.2) is 36.5 Å². The van der Waals surface area contributed by atoms with Gasteiger partial charge in [-0.05, 0) is 37.5 Å². The molecule has 7 heteroatoms. The minimum atomic E-state index is -0.142. The van der Waals surface area contributed by atoms with Gasteiger partial charge in [0, 0.05) is 12.6 Å². The molecule has 0 saturated carbocycles. The highest BCUT2D eigenvalue weighted by Crippen LogP contribution is 2.32. The van der Waals surface area contributed by atoms with Crippen LogP contribution in [0.25, 0.3) is 11.0 Å². The Labute approximate surface area is 151 Å². The Morgan fingerprint density at radius 3 is 2.96 bits per heavy atom. The van der Waals surface area contributed by atoms with Crippen LogP contribution in [-0.2, 0) is 0 Å². The van der Waals surface area contributed by atoms with Crippen molar-refractivity contribution in [3.63, 3.8) is 0 Å². The average Bonchev–Trinajstić information content (AvgIpc) is 3.29. The number of urea groups is 1. The highest BCUT2D eigenvalue weighted by atomic mass is 16.5. The predicted molar refractivity (Wildman–Crippen MR) is 99.3 cm³/mol. The molecule has 2 N–H and O–H groups in total. The molecule has 1 saturated heterocycles. The number of rotatable bonds is 3. The number of anilines is 1. The van der Waals surface area contributed by atoms with Gasteiger partial charge in [-0.3, -0.25) is 0 Å². The normalized spacial score (nSPS) is 16.8. The summed E-state index contributed by atoms with van der Waals surface area (Å²) in [5, 5.41) is 2.91. The first kappa shape index (κ1) is 16.4. The molecule has 1 aliphatic rings. The molecule has 2 aromatic heterocycles. The Kier molecular flexibility index (Phi) is 4.20. The minimum absolute atomic E-state index is 0.0481. The number of likely N-dealkylation sites (tertiary alicyclic amines) is 1. The predicted octanol–water partition coefficient (Wildman–Crippen LogP) is 3.64. The fourth-order valence-corrected chi connectivity index (χ4v) is 3.42. The largest absolute Gasteiger partial charge is 0.481 e. The lowest BCUT2D eigenvalue weighted by Gasteiger charge is -2.23. The zero-order chi connectivity index (χ0) is 18.1. The molecule has 1 atom stereocenters. The zero-order valence-corrected chi connectivity index (χ0v) is 14.8. The maximum absolute atomic E-state index is 12.7. The van der Waals surface area contributed by atoms with Crippen molar-refractivity contribution in [2.24, 2.45) is 0 Å². The first-order valence-electron chi connectivity index (χ1n) is 8.68. The maximum Gasteiger partial charge on any atom is 0.322 e. The average molecular weight is 351 g/mol. The van der Waals surface area contributed by atoms with Gasteiger partial charge in [-0.1, -0.05) is 12.1 Å². The standard InChI is InChI=1S/C19H21N5O2/c1-12-5-3-6-14-17(12)23-18(22-14)15-7-4-10-24(15)19(25)21-13-8-9-16(26-2)20-11-13/h3,5-6,8-9,11,15H,4,7,10H2,1-2H3,(H,21,25)(H,22,23). The van der Waals surface area contributed by atoms with Crippen molar-refractivity contribution >= 4 is 22.8 Å². The molecule has 0 spiro atoms. The number of aryl methyl sites for hydroxylation is 1. The molecule has 134 valence electrons. The fourth-order valence-electron chi connectivity index (χ4n) is 3.42. The van der Waals surface area contributed by atoms with Gasteiger partial charge in [0.15, 0.2) is 0 Å². The van der Waals surface area contributed by atoms with Gasteiger partial charge in [-0.25, -0.2) is 14.8 Å². The van der Waals surface area contributed by atoms with Gasteiger partial charge in [0.25, 0.3) is 0 Å². The third-order valence-corrected chi connectivity index (χ3v) is 4.76. The zero-order valence-electron chi connectivity index (χ0n) is 14.8. The number of nitrogens with one attached hydrogen (secondary N) is 2. The lowest BCUT2D eigenvalue weighted by atomic mass is 10.2. The molecule has 1 aromatic carbocycles. The highest BCUT2D eigenvalue weighted by Gasteiger charge is 2.32. The summed E-state index contributed by atoms with van der Waals surface area (Å²) < 4.78 is 5.04. The third-order valence-electron chi connectivity index (χ3n) is 4.76. The van der Waals surface area contributed by atoms with Crippen molar-refractivity contribution in [1.82, 2.24) is 19.9 Å². The highest BCUT2D eigenvalue weighted by molar-refractivity contribution is 5.89. The van der Waals surface area contributed by atoms with E-state index in [0.29, 0.717) is 18.1 Å². The van der Waals surface area contributed by atoms with E-state index >= 15 is 0 Å². The number of amides is 2. The smallest absolute Gasteiger partial charge is 0.322 e. The number of methoxy groups -OCH3 is 1. The van der Waals surface area contributed by atoms with E-state index in [2.05, 4.69) is 15.3 Å². The summed E-state index contributed by atoms with van der Waals surface area (Å²) in [4.78, 5) is 26.8. The van der Waals surface area contributed by atoms with Crippen LogP contribution in [0, 0.1) is 6.92 Å². The number of hydrogen-bond donors (Lipinski definition) is 2. The Hall–Kier alpha value is -3.09. The quantitative estimate of drug-likeness (QED) is 0.754. The number of aromatic nitrogens is 3. The van der Waals surface area contributed by atoms with Gasteiger partial charge in [0.05, 0.1) is 36.1 Å². The van der Waals surface area contributed by atoms with E-state index in [-0.39, 0.29) is 12.1 Å². The van der Waals surface area contributed by atoms with E-state index in [1.807, 2.05) is 30.0 Å². The number of para-hydroxylation sites is 1. The van der Waals surface area contributed by atoms with E-state index in [1.54, 1.807) is 25.4 Å². The first-order chi connectivity index (χ1) is 12.7. The topological polar surface area (TPSA) is 83.1 Å². The van der Waals surface area contributed by atoms with Gasteiger partial charge in [0.2, 0.25) is 5.88 Å². The summed E-state index contributed by atoms with van der Waals surface area (Å²) in [5.74, 6) is 1.36. The molecular formula is C19H21N5O2. The van der Waals surface area contributed by atoms with Crippen LogP contribution in [-0.4, -0.2) is 39.5 Å². The summed E-state index contributed by atoms with van der Waals surface area (Å²) >= 11 is 0. The molecule has 1 unspecified atom stereocenters. The molecule has 0 bridgehead atoms. The van der Waals surface area contributed by atoms with Crippen LogP contribution < -0.4 is 10.1 Å². The summed E-state index contributed by atoms with van der Waals surface area (Å²) in [5.41, 5.74) is 3.74. The minimum Gasteiger partial charge on any atom is -0.481 e. The number of aromatic amines is 1. The number of fused-ring (bicyclic) bond motifs is 1. The number of hydrogen-bond acceptors (Lipinski definition) is 4. The van der Waals surface area contributed by atoms with E-state index < -0.39 is 0 Å². The molecule has 1 aliphatic heterocycles. The molecule has 7 nitrogen and oxygen atoms in total. The number of H-pyrrole nitrogens is 1. The summed E-state index contributed by atoms with van der Waals surface area (Å²) in [6, 6.07) is 9.38. The lowest BCUT2D eigenvalue weighted by molar-refractivity contribution is 0.205. The molecule has 26 heavy (non-hydrogen) atoms. The lowest BCUT2D eigenvalue weighted by Crippen LogP contribution is -2.34. The van der Waals surface area contributed by atoms with Crippen LogP contribution in [0.1, 0.15) is 30.3 Å². The Morgan fingerprint density at radius 2 is 2.23 bits per heavy atom. The van der Waals surface area contributed by atoms with E-state index in [9.17, 15) is 4.79 Å². The number of benzene rings is 1. The molecule has 3 heterocycles. The number of pyridine rings is 1. The molecule has 0 radical (unpaired) electrons. The number of imidazole rings is 1. The Balaban J connectivity index is 1.54. The van der Waals surface area contributed by atoms with Gasteiger partial charge < -0.3 is 19.9 Å². The second-order valence-corrected chi connectivity index (χ2v) is 6.46. The second kappa shape index (κ2) is 6.67. The molecule has 3 aromatic rings. The van der Waals surface area contributed by atoms with Gasteiger partial charge in [-0.15, -0.1) is 0 Å². The van der Waals surface area contributed by atoms with Crippen LogP contribution in [0.4, 0.5) is 10.5 Å². The fraction of sp³-hybridized carbons (Fsp3) is 0.316. The van der Waals surface area contributed by atoms with Gasteiger partial charge in [-0.2, -0.15) is 0 Å². The number of ether oxygens (including phenoxy) is 1. The van der Waals surface area contributed by atoms with Crippen molar-refractivity contribution < 1.29 is 9.53 Å². The van der Waals surface area contributed by atoms with Crippen molar-refractivity contribution in [2.45, 2.75) is 25.8 Å². The Bertz CT molecular complexity index is 935. The van der Waals surface area contributed by atoms with Gasteiger partial charge >= 0.3 is 6.03 Å². The van der Waals surface area contributed by atoms with Crippen LogP contribution in [0.2, 0.25) is 0 Å². The molecular weight excluding hydrogens is 330 g/mol. The SMILES string of the molecule is COc1ccc(NC(=O)N2CCCC2c2nc3c(C)cccc3[nH]2)cn1. The Morgan fingerprint density at radius 1 is 1.35 bits per heavy atom. The third kappa shape index (κ3) is 2.96. The summed E-state index contributed by atoms with van der Waals surface area (Å²) in [7, 11) is 1.56. The number of nitrogens with zero attached hydrogens (tertiary/aromatic N) is 3. The number of carbonyl (C=O) groups excluding carboxylic acids is 1. The molecule has 0 aliphatic carbocycles. The van der Waals surface area contributed by atoms with Crippen molar-refractivity contribution in [1.29, 1.82) is 0 Å².